The van der Waals surface area contributed by atoms with Gasteiger partial charge in [-0.05, 0) is 43.2 Å². The summed E-state index contributed by atoms with van der Waals surface area (Å²) < 4.78 is 5.72. The number of rotatable bonds is 5. The van der Waals surface area contributed by atoms with Crippen molar-refractivity contribution in [3.8, 4) is 5.75 Å². The molecule has 2 aromatic carbocycles. The molecular formula is C19H22N2O2. The van der Waals surface area contributed by atoms with E-state index in [0.717, 1.165) is 29.0 Å². The molecule has 4 nitrogen and oxygen atoms in total. The standard InChI is InChI=1S/C19H22N2O2/c1-3-12-23-15-9-7-8-14(13-15)18-20-17-11-6-5-10-16(17)19(22)21(18)4-2/h5-11,13,18,20H,3-4,12H2,1-2H3. The van der Waals surface area contributed by atoms with Gasteiger partial charge < -0.3 is 15.0 Å². The molecule has 0 radical (unpaired) electrons. The first-order chi connectivity index (χ1) is 11.2. The van der Waals surface area contributed by atoms with Crippen LogP contribution >= 0.6 is 0 Å². The van der Waals surface area contributed by atoms with E-state index in [-0.39, 0.29) is 12.1 Å². The Morgan fingerprint density at radius 3 is 2.74 bits per heavy atom. The van der Waals surface area contributed by atoms with Crippen LogP contribution < -0.4 is 10.1 Å². The highest BCUT2D eigenvalue weighted by atomic mass is 16.5. The Balaban J connectivity index is 1.94. The molecule has 0 fully saturated rings. The summed E-state index contributed by atoms with van der Waals surface area (Å²) in [5.74, 6) is 0.903. The number of hydrogen-bond acceptors (Lipinski definition) is 3. The molecule has 0 saturated carbocycles. The Kier molecular flexibility index (Phi) is 4.51. The zero-order chi connectivity index (χ0) is 16.2. The largest absolute Gasteiger partial charge is 0.494 e. The zero-order valence-electron chi connectivity index (χ0n) is 13.6. The Morgan fingerprint density at radius 2 is 1.96 bits per heavy atom. The van der Waals surface area contributed by atoms with E-state index in [0.29, 0.717) is 13.2 Å². The summed E-state index contributed by atoms with van der Waals surface area (Å²) in [6, 6.07) is 15.6. The lowest BCUT2D eigenvalue weighted by molar-refractivity contribution is 0.0694. The van der Waals surface area contributed by atoms with Crippen LogP contribution in [0.5, 0.6) is 5.75 Å². The van der Waals surface area contributed by atoms with Gasteiger partial charge in [0, 0.05) is 12.2 Å². The molecule has 1 amide bonds. The number of ether oxygens (including phenoxy) is 1. The maximum absolute atomic E-state index is 12.7. The van der Waals surface area contributed by atoms with Crippen LogP contribution in [0.1, 0.15) is 42.4 Å². The van der Waals surface area contributed by atoms with Crippen molar-refractivity contribution in [2.75, 3.05) is 18.5 Å². The van der Waals surface area contributed by atoms with Gasteiger partial charge in [-0.2, -0.15) is 0 Å². The van der Waals surface area contributed by atoms with E-state index in [1.165, 1.54) is 0 Å². The molecular weight excluding hydrogens is 288 g/mol. The summed E-state index contributed by atoms with van der Waals surface area (Å²) >= 11 is 0. The Hall–Kier alpha value is -2.49. The molecule has 1 atom stereocenters. The Bertz CT molecular complexity index is 699. The van der Waals surface area contributed by atoms with Crippen molar-refractivity contribution in [2.45, 2.75) is 26.4 Å². The molecule has 3 rings (SSSR count). The summed E-state index contributed by atoms with van der Waals surface area (Å²) in [5.41, 5.74) is 2.64. The van der Waals surface area contributed by atoms with Crippen molar-refractivity contribution in [3.63, 3.8) is 0 Å². The number of anilines is 1. The van der Waals surface area contributed by atoms with Crippen molar-refractivity contribution in [1.82, 2.24) is 4.90 Å². The summed E-state index contributed by atoms with van der Waals surface area (Å²) in [7, 11) is 0. The van der Waals surface area contributed by atoms with Crippen LogP contribution in [0.3, 0.4) is 0 Å². The van der Waals surface area contributed by atoms with Gasteiger partial charge in [-0.3, -0.25) is 4.79 Å². The summed E-state index contributed by atoms with van der Waals surface area (Å²) in [6.07, 6.45) is 0.798. The molecule has 1 aliphatic heterocycles. The predicted octanol–water partition coefficient (Wildman–Crippen LogP) is 4.06. The molecule has 0 spiro atoms. The Morgan fingerprint density at radius 1 is 1.13 bits per heavy atom. The number of fused-ring (bicyclic) bond motifs is 1. The van der Waals surface area contributed by atoms with Crippen LogP contribution in [0, 0.1) is 0 Å². The molecule has 1 heterocycles. The Labute approximate surface area is 137 Å². The van der Waals surface area contributed by atoms with Crippen LogP contribution in [0.25, 0.3) is 0 Å². The number of para-hydroxylation sites is 1. The van der Waals surface area contributed by atoms with Gasteiger partial charge in [-0.1, -0.05) is 31.2 Å². The summed E-state index contributed by atoms with van der Waals surface area (Å²) in [4.78, 5) is 14.6. The third kappa shape index (κ3) is 3.02. The van der Waals surface area contributed by atoms with E-state index < -0.39 is 0 Å². The van der Waals surface area contributed by atoms with E-state index in [1.54, 1.807) is 0 Å². The van der Waals surface area contributed by atoms with Gasteiger partial charge >= 0.3 is 0 Å². The molecule has 120 valence electrons. The highest BCUT2D eigenvalue weighted by Gasteiger charge is 2.31. The van der Waals surface area contributed by atoms with Crippen molar-refractivity contribution in [3.05, 3.63) is 59.7 Å². The minimum atomic E-state index is -0.174. The number of benzene rings is 2. The minimum Gasteiger partial charge on any atom is -0.494 e. The van der Waals surface area contributed by atoms with Crippen molar-refractivity contribution in [1.29, 1.82) is 0 Å². The second kappa shape index (κ2) is 6.73. The highest BCUT2D eigenvalue weighted by Crippen LogP contribution is 2.33. The summed E-state index contributed by atoms with van der Waals surface area (Å²) in [5, 5.41) is 3.48. The van der Waals surface area contributed by atoms with E-state index in [1.807, 2.05) is 60.4 Å². The van der Waals surface area contributed by atoms with E-state index in [9.17, 15) is 4.79 Å². The maximum atomic E-state index is 12.7. The average molecular weight is 310 g/mol. The quantitative estimate of drug-likeness (QED) is 0.905. The number of carbonyl (C=O) groups is 1. The van der Waals surface area contributed by atoms with E-state index in [2.05, 4.69) is 12.2 Å². The molecule has 0 aromatic heterocycles. The van der Waals surface area contributed by atoms with Crippen LogP contribution in [0.15, 0.2) is 48.5 Å². The first kappa shape index (κ1) is 15.4. The minimum absolute atomic E-state index is 0.0618. The maximum Gasteiger partial charge on any atom is 0.257 e. The summed E-state index contributed by atoms with van der Waals surface area (Å²) in [6.45, 7) is 5.42. The molecule has 4 heteroatoms. The average Bonchev–Trinajstić information content (AvgIpc) is 2.60. The lowest BCUT2D eigenvalue weighted by Crippen LogP contribution is -2.42. The van der Waals surface area contributed by atoms with Crippen LogP contribution in [0.4, 0.5) is 5.69 Å². The fourth-order valence-corrected chi connectivity index (χ4v) is 2.88. The SMILES string of the molecule is CCCOc1cccc(C2Nc3ccccc3C(=O)N2CC)c1. The fourth-order valence-electron chi connectivity index (χ4n) is 2.88. The first-order valence-electron chi connectivity index (χ1n) is 8.14. The third-order valence-electron chi connectivity index (χ3n) is 4.01. The second-order valence-corrected chi connectivity index (χ2v) is 5.60. The smallest absolute Gasteiger partial charge is 0.257 e. The van der Waals surface area contributed by atoms with Gasteiger partial charge in [-0.25, -0.2) is 0 Å². The highest BCUT2D eigenvalue weighted by molar-refractivity contribution is 6.01. The van der Waals surface area contributed by atoms with Gasteiger partial charge in [0.25, 0.3) is 5.91 Å². The second-order valence-electron chi connectivity index (χ2n) is 5.60. The van der Waals surface area contributed by atoms with E-state index >= 15 is 0 Å². The van der Waals surface area contributed by atoms with Crippen molar-refractivity contribution in [2.24, 2.45) is 0 Å². The third-order valence-corrected chi connectivity index (χ3v) is 4.01. The van der Waals surface area contributed by atoms with Crippen LogP contribution in [-0.2, 0) is 0 Å². The molecule has 0 bridgehead atoms. The molecule has 2 aromatic rings. The number of carbonyl (C=O) groups excluding carboxylic acids is 1. The molecule has 1 aliphatic rings. The normalized spacial score (nSPS) is 16.7. The van der Waals surface area contributed by atoms with Gasteiger partial charge in [-0.15, -0.1) is 0 Å². The fraction of sp³-hybridized carbons (Fsp3) is 0.316. The lowest BCUT2D eigenvalue weighted by Gasteiger charge is -2.37. The monoisotopic (exact) mass is 310 g/mol. The van der Waals surface area contributed by atoms with Gasteiger partial charge in [0.1, 0.15) is 11.9 Å². The van der Waals surface area contributed by atoms with Crippen molar-refractivity contribution < 1.29 is 9.53 Å². The van der Waals surface area contributed by atoms with Gasteiger partial charge in [0.05, 0.1) is 12.2 Å². The number of hydrogen-bond donors (Lipinski definition) is 1. The molecule has 1 unspecified atom stereocenters. The van der Waals surface area contributed by atoms with Crippen LogP contribution in [-0.4, -0.2) is 24.0 Å². The molecule has 1 N–H and O–H groups in total. The molecule has 0 saturated heterocycles. The van der Waals surface area contributed by atoms with Gasteiger partial charge in [0.15, 0.2) is 0 Å². The molecule has 0 aliphatic carbocycles. The topological polar surface area (TPSA) is 41.6 Å². The number of amides is 1. The van der Waals surface area contributed by atoms with Gasteiger partial charge in [0.2, 0.25) is 0 Å². The van der Waals surface area contributed by atoms with Crippen molar-refractivity contribution >= 4 is 11.6 Å². The number of nitrogens with one attached hydrogen (secondary N) is 1. The molecule has 23 heavy (non-hydrogen) atoms. The zero-order valence-corrected chi connectivity index (χ0v) is 13.6. The number of nitrogens with zero attached hydrogens (tertiary/aromatic N) is 1. The first-order valence-corrected chi connectivity index (χ1v) is 8.14. The lowest BCUT2D eigenvalue weighted by atomic mass is 10.0. The van der Waals surface area contributed by atoms with Crippen LogP contribution in [0.2, 0.25) is 0 Å². The predicted molar refractivity (Wildman–Crippen MR) is 91.7 cm³/mol. The van der Waals surface area contributed by atoms with E-state index in [4.69, 9.17) is 4.74 Å².